The van der Waals surface area contributed by atoms with Crippen LogP contribution in [-0.2, 0) is 0 Å². The lowest BCUT2D eigenvalue weighted by molar-refractivity contribution is 0.689. The Labute approximate surface area is 113 Å². The maximum Gasteiger partial charge on any atom is 0.0756 e. The number of nitrogens with zero attached hydrogens (tertiary/aromatic N) is 1. The van der Waals surface area contributed by atoms with Crippen molar-refractivity contribution in [2.24, 2.45) is 5.73 Å². The van der Waals surface area contributed by atoms with Gasteiger partial charge >= 0.3 is 0 Å². The lowest BCUT2D eigenvalue weighted by atomic mass is 10.1. The van der Waals surface area contributed by atoms with Gasteiger partial charge < -0.3 is 10.6 Å². The number of likely N-dealkylation sites (N-methyl/N-ethyl adjacent to an activating group) is 1. The van der Waals surface area contributed by atoms with E-state index in [0.717, 1.165) is 0 Å². The van der Waals surface area contributed by atoms with Gasteiger partial charge in [-0.15, -0.1) is 11.3 Å². The lowest BCUT2D eigenvalue weighted by Crippen LogP contribution is -2.30. The van der Waals surface area contributed by atoms with Crippen LogP contribution in [0.1, 0.15) is 22.0 Å². The first kappa shape index (κ1) is 13.1. The first-order valence-corrected chi connectivity index (χ1v) is 7.05. The summed E-state index contributed by atoms with van der Waals surface area (Å²) in [5.74, 6) is 0. The molecule has 0 aliphatic carbocycles. The molecule has 96 valence electrons. The van der Waals surface area contributed by atoms with E-state index in [1.54, 1.807) is 11.3 Å². The second kappa shape index (κ2) is 5.55. The minimum atomic E-state index is 0.257. The summed E-state index contributed by atoms with van der Waals surface area (Å²) in [5.41, 5.74) is 9.79. The van der Waals surface area contributed by atoms with Gasteiger partial charge in [-0.2, -0.15) is 0 Å². The molecule has 2 N–H and O–H groups in total. The summed E-state index contributed by atoms with van der Waals surface area (Å²) in [5, 5.41) is 2.14. The maximum atomic E-state index is 5.97. The molecule has 0 amide bonds. The van der Waals surface area contributed by atoms with E-state index in [-0.39, 0.29) is 6.04 Å². The average Bonchev–Trinajstić information content (AvgIpc) is 2.78. The van der Waals surface area contributed by atoms with Crippen LogP contribution in [0.2, 0.25) is 0 Å². The van der Waals surface area contributed by atoms with Crippen molar-refractivity contribution >= 4 is 17.0 Å². The molecule has 1 heterocycles. The number of nitrogens with two attached hydrogens (primary N) is 1. The fraction of sp³-hybridized carbons (Fsp3) is 0.333. The molecule has 1 aromatic heterocycles. The van der Waals surface area contributed by atoms with Crippen LogP contribution < -0.4 is 10.6 Å². The lowest BCUT2D eigenvalue weighted by Gasteiger charge is -2.29. The number of aryl methyl sites for hydroxylation is 2. The summed E-state index contributed by atoms with van der Waals surface area (Å²) in [7, 11) is 2.11. The van der Waals surface area contributed by atoms with Crippen molar-refractivity contribution in [2.45, 2.75) is 19.9 Å². The van der Waals surface area contributed by atoms with Gasteiger partial charge in [-0.3, -0.25) is 0 Å². The molecule has 2 nitrogen and oxygen atoms in total. The normalized spacial score (nSPS) is 12.4. The molecule has 0 saturated carbocycles. The van der Waals surface area contributed by atoms with E-state index in [1.165, 1.54) is 21.7 Å². The number of hydrogen-bond donors (Lipinski definition) is 1. The zero-order valence-electron chi connectivity index (χ0n) is 11.2. The van der Waals surface area contributed by atoms with Gasteiger partial charge in [0.1, 0.15) is 0 Å². The smallest absolute Gasteiger partial charge is 0.0756 e. The second-order valence-electron chi connectivity index (χ2n) is 4.67. The Morgan fingerprint density at radius 3 is 2.33 bits per heavy atom. The summed E-state index contributed by atoms with van der Waals surface area (Å²) in [4.78, 5) is 3.62. The third kappa shape index (κ3) is 2.57. The van der Waals surface area contributed by atoms with Gasteiger partial charge in [-0.05, 0) is 43.0 Å². The Morgan fingerprint density at radius 1 is 1.17 bits per heavy atom. The third-order valence-corrected chi connectivity index (χ3v) is 4.46. The molecule has 0 aliphatic heterocycles. The van der Waals surface area contributed by atoms with Crippen LogP contribution >= 0.6 is 11.3 Å². The van der Waals surface area contributed by atoms with E-state index in [0.29, 0.717) is 6.54 Å². The van der Waals surface area contributed by atoms with Crippen LogP contribution in [0.25, 0.3) is 0 Å². The van der Waals surface area contributed by atoms with E-state index in [2.05, 4.69) is 61.5 Å². The number of benzene rings is 1. The van der Waals surface area contributed by atoms with Crippen LogP contribution in [0.4, 0.5) is 5.69 Å². The highest BCUT2D eigenvalue weighted by Crippen LogP contribution is 2.30. The number of hydrogen-bond acceptors (Lipinski definition) is 3. The van der Waals surface area contributed by atoms with Gasteiger partial charge in [-0.1, -0.05) is 17.7 Å². The van der Waals surface area contributed by atoms with E-state index in [4.69, 9.17) is 5.73 Å². The van der Waals surface area contributed by atoms with Gasteiger partial charge in [0.25, 0.3) is 0 Å². The molecule has 0 saturated heterocycles. The molecule has 0 fully saturated rings. The SMILES string of the molecule is Cc1ccc(N(C)C(CN)c2sccc2C)cc1. The molecule has 1 unspecified atom stereocenters. The molecule has 0 bridgehead atoms. The predicted octanol–water partition coefficient (Wildman–Crippen LogP) is 3.50. The first-order chi connectivity index (χ1) is 8.63. The van der Waals surface area contributed by atoms with Crippen LogP contribution in [0.3, 0.4) is 0 Å². The quantitative estimate of drug-likeness (QED) is 0.911. The van der Waals surface area contributed by atoms with Crippen molar-refractivity contribution in [2.75, 3.05) is 18.5 Å². The zero-order chi connectivity index (χ0) is 13.1. The van der Waals surface area contributed by atoms with Crippen molar-refractivity contribution in [3.8, 4) is 0 Å². The second-order valence-corrected chi connectivity index (χ2v) is 5.61. The monoisotopic (exact) mass is 260 g/mol. The van der Waals surface area contributed by atoms with Crippen molar-refractivity contribution in [1.82, 2.24) is 0 Å². The fourth-order valence-electron chi connectivity index (χ4n) is 2.13. The number of rotatable bonds is 4. The molecule has 1 aromatic carbocycles. The molecular formula is C15H20N2S. The summed E-state index contributed by atoms with van der Waals surface area (Å²) in [6.45, 7) is 4.89. The molecule has 1 atom stereocenters. The van der Waals surface area contributed by atoms with Gasteiger partial charge in [0.05, 0.1) is 6.04 Å². The Balaban J connectivity index is 2.28. The molecule has 2 rings (SSSR count). The topological polar surface area (TPSA) is 29.3 Å². The zero-order valence-corrected chi connectivity index (χ0v) is 12.0. The molecule has 3 heteroatoms. The van der Waals surface area contributed by atoms with Crippen molar-refractivity contribution in [3.63, 3.8) is 0 Å². The predicted molar refractivity (Wildman–Crippen MR) is 80.4 cm³/mol. The van der Waals surface area contributed by atoms with E-state index in [9.17, 15) is 0 Å². The molecule has 0 spiro atoms. The Kier molecular flexibility index (Phi) is 4.04. The standard InChI is InChI=1S/C15H20N2S/c1-11-4-6-13(7-5-11)17(3)14(10-16)15-12(2)8-9-18-15/h4-9,14H,10,16H2,1-3H3. The Morgan fingerprint density at radius 2 is 1.83 bits per heavy atom. The van der Waals surface area contributed by atoms with E-state index >= 15 is 0 Å². The summed E-state index contributed by atoms with van der Waals surface area (Å²) < 4.78 is 0. The molecule has 0 aliphatic rings. The van der Waals surface area contributed by atoms with E-state index in [1.807, 2.05) is 0 Å². The molecular weight excluding hydrogens is 240 g/mol. The summed E-state index contributed by atoms with van der Waals surface area (Å²) >= 11 is 1.79. The van der Waals surface area contributed by atoms with E-state index < -0.39 is 0 Å². The third-order valence-electron chi connectivity index (χ3n) is 3.34. The van der Waals surface area contributed by atoms with Crippen LogP contribution in [-0.4, -0.2) is 13.6 Å². The highest BCUT2D eigenvalue weighted by molar-refractivity contribution is 7.10. The number of thiophene rings is 1. The number of anilines is 1. The molecule has 18 heavy (non-hydrogen) atoms. The van der Waals surface area contributed by atoms with Gasteiger partial charge in [0, 0.05) is 24.2 Å². The van der Waals surface area contributed by atoms with Crippen molar-refractivity contribution < 1.29 is 0 Å². The molecule has 0 radical (unpaired) electrons. The summed E-state index contributed by atoms with van der Waals surface area (Å²) in [6.07, 6.45) is 0. The molecule has 2 aromatic rings. The minimum Gasteiger partial charge on any atom is -0.365 e. The largest absolute Gasteiger partial charge is 0.365 e. The van der Waals surface area contributed by atoms with Crippen molar-refractivity contribution in [1.29, 1.82) is 0 Å². The van der Waals surface area contributed by atoms with Crippen molar-refractivity contribution in [3.05, 3.63) is 51.7 Å². The van der Waals surface area contributed by atoms with Crippen LogP contribution in [0, 0.1) is 13.8 Å². The maximum absolute atomic E-state index is 5.97. The average molecular weight is 260 g/mol. The van der Waals surface area contributed by atoms with Gasteiger partial charge in [0.2, 0.25) is 0 Å². The highest BCUT2D eigenvalue weighted by atomic mass is 32.1. The first-order valence-electron chi connectivity index (χ1n) is 6.17. The Hall–Kier alpha value is -1.32. The van der Waals surface area contributed by atoms with Gasteiger partial charge in [-0.25, -0.2) is 0 Å². The Bertz CT molecular complexity index is 501. The highest BCUT2D eigenvalue weighted by Gasteiger charge is 2.18. The van der Waals surface area contributed by atoms with Crippen LogP contribution in [0.5, 0.6) is 0 Å². The van der Waals surface area contributed by atoms with Gasteiger partial charge in [0.15, 0.2) is 0 Å². The summed E-state index contributed by atoms with van der Waals surface area (Å²) in [6, 6.07) is 11.0. The minimum absolute atomic E-state index is 0.257. The fourth-order valence-corrected chi connectivity index (χ4v) is 3.21. The van der Waals surface area contributed by atoms with Crippen LogP contribution in [0.15, 0.2) is 35.7 Å².